The Kier molecular flexibility index (Phi) is 1.00. The number of carbonyl (C=O) groups is 1. The Morgan fingerprint density at radius 1 is 1.60 bits per heavy atom. The number of hydrogen-bond acceptors (Lipinski definition) is 1. The zero-order valence-electron chi connectivity index (χ0n) is 8.73. The van der Waals surface area contributed by atoms with Crippen molar-refractivity contribution in [2.24, 2.45) is 0 Å². The fraction of sp³-hybridized carbons (Fsp3) is 0. The van der Waals surface area contributed by atoms with Gasteiger partial charge in [-0.2, -0.15) is 0 Å². The third-order valence-corrected chi connectivity index (χ3v) is 1.45. The van der Waals surface area contributed by atoms with E-state index in [0.29, 0.717) is 0 Å². The number of benzene rings is 1. The molecular weight excluding hydrogens is 197 g/mol. The molecule has 0 unspecified atom stereocenters. The molecule has 0 aliphatic carbocycles. The zero-order valence-corrected chi connectivity index (χ0v) is 6.32. The first-order chi connectivity index (χ1) is 6.37. The van der Waals surface area contributed by atoms with Gasteiger partial charge in [-0.05, 0) is 28.0 Å². The van der Waals surface area contributed by atoms with Gasteiger partial charge in [-0.15, -0.1) is 0 Å². The highest BCUT2D eigenvalue weighted by Crippen LogP contribution is 2.14. The van der Waals surface area contributed by atoms with Crippen LogP contribution in [0.4, 0.5) is 0 Å². The van der Waals surface area contributed by atoms with Gasteiger partial charge in [0.1, 0.15) is 0 Å². The third kappa shape index (κ3) is 1.36. The topological polar surface area (TPSA) is 37.3 Å². The van der Waals surface area contributed by atoms with Crippen LogP contribution in [0, 0.1) is 0 Å². The SMILES string of the molecule is [2H]c1c([2H])c([2H])c([13C](=O)O)c(Br)c1[2H]. The van der Waals surface area contributed by atoms with Crippen molar-refractivity contribution in [2.75, 3.05) is 0 Å². The van der Waals surface area contributed by atoms with Crippen molar-refractivity contribution in [1.82, 2.24) is 0 Å². The number of carboxylic acid groups (broad SMARTS) is 1. The van der Waals surface area contributed by atoms with E-state index in [1.54, 1.807) is 0 Å². The maximum Gasteiger partial charge on any atom is 0.336 e. The van der Waals surface area contributed by atoms with Crippen LogP contribution in [0.3, 0.4) is 0 Å². The smallest absolute Gasteiger partial charge is 0.336 e. The molecule has 0 fully saturated rings. The minimum Gasteiger partial charge on any atom is -0.478 e. The molecule has 0 aliphatic rings. The highest BCUT2D eigenvalue weighted by atomic mass is 79.9. The fourth-order valence-electron chi connectivity index (χ4n) is 0.445. The zero-order chi connectivity index (χ0) is 11.0. The van der Waals surface area contributed by atoms with E-state index in [2.05, 4.69) is 15.9 Å². The van der Waals surface area contributed by atoms with Gasteiger partial charge in [0.05, 0.1) is 11.0 Å². The van der Waals surface area contributed by atoms with Gasteiger partial charge in [0.2, 0.25) is 0 Å². The van der Waals surface area contributed by atoms with Gasteiger partial charge in [-0.1, -0.05) is 12.1 Å². The Hall–Kier alpha value is -0.830. The van der Waals surface area contributed by atoms with Crippen LogP contribution < -0.4 is 0 Å². The molecule has 10 heavy (non-hydrogen) atoms. The minimum absolute atomic E-state index is 0.129. The van der Waals surface area contributed by atoms with Crippen LogP contribution in [0.15, 0.2) is 28.6 Å². The van der Waals surface area contributed by atoms with Crippen molar-refractivity contribution in [3.8, 4) is 0 Å². The first-order valence-electron chi connectivity index (χ1n) is 4.37. The average molecular weight is 206 g/mol. The van der Waals surface area contributed by atoms with Gasteiger partial charge in [0.25, 0.3) is 0 Å². The molecule has 52 valence electrons. The maximum atomic E-state index is 10.7. The van der Waals surface area contributed by atoms with Crippen molar-refractivity contribution in [1.29, 1.82) is 0 Å². The quantitative estimate of drug-likeness (QED) is 0.714. The Balaban J connectivity index is 3.68. The second kappa shape index (κ2) is 2.84. The molecule has 1 aromatic carbocycles. The van der Waals surface area contributed by atoms with Crippen LogP contribution >= 0.6 is 15.9 Å². The molecule has 0 radical (unpaired) electrons. The molecule has 0 saturated carbocycles. The van der Waals surface area contributed by atoms with E-state index >= 15 is 0 Å². The largest absolute Gasteiger partial charge is 0.478 e. The van der Waals surface area contributed by atoms with E-state index in [0.717, 1.165) is 0 Å². The Morgan fingerprint density at radius 2 is 2.20 bits per heavy atom. The summed E-state index contributed by atoms with van der Waals surface area (Å²) >= 11 is 2.82. The van der Waals surface area contributed by atoms with Crippen molar-refractivity contribution in [2.45, 2.75) is 0 Å². The molecule has 0 aromatic heterocycles. The average Bonchev–Trinajstić information content (AvgIpc) is 2.11. The van der Waals surface area contributed by atoms with Crippen molar-refractivity contribution >= 4 is 21.9 Å². The van der Waals surface area contributed by atoms with Crippen molar-refractivity contribution in [3.05, 3.63) is 34.2 Å². The summed E-state index contributed by atoms with van der Waals surface area (Å²) in [6, 6.07) is -1.93. The Labute approximate surface area is 72.2 Å². The van der Waals surface area contributed by atoms with Gasteiger partial charge in [-0.25, -0.2) is 4.79 Å². The van der Waals surface area contributed by atoms with E-state index in [1.807, 2.05) is 0 Å². The molecule has 0 spiro atoms. The van der Waals surface area contributed by atoms with E-state index in [1.165, 1.54) is 0 Å². The van der Waals surface area contributed by atoms with Crippen LogP contribution in [-0.4, -0.2) is 11.1 Å². The maximum absolute atomic E-state index is 10.7. The summed E-state index contributed by atoms with van der Waals surface area (Å²) in [6.07, 6.45) is 0. The highest BCUT2D eigenvalue weighted by molar-refractivity contribution is 9.10. The van der Waals surface area contributed by atoms with E-state index < -0.39 is 29.7 Å². The molecule has 3 heteroatoms. The lowest BCUT2D eigenvalue weighted by Crippen LogP contribution is -1.95. The van der Waals surface area contributed by atoms with Crippen molar-refractivity contribution in [3.63, 3.8) is 0 Å². The Bertz CT molecular complexity index is 390. The van der Waals surface area contributed by atoms with Gasteiger partial charge >= 0.3 is 5.97 Å². The summed E-state index contributed by atoms with van der Waals surface area (Å²) in [4.78, 5) is 10.7. The highest BCUT2D eigenvalue weighted by Gasteiger charge is 2.04. The predicted molar refractivity (Wildman–Crippen MR) is 41.1 cm³/mol. The second-order valence-electron chi connectivity index (χ2n) is 1.49. The van der Waals surface area contributed by atoms with Gasteiger partial charge < -0.3 is 5.11 Å². The summed E-state index contributed by atoms with van der Waals surface area (Å²) in [5, 5.41) is 8.71. The van der Waals surface area contributed by atoms with Gasteiger partial charge in [-0.3, -0.25) is 0 Å². The second-order valence-corrected chi connectivity index (χ2v) is 2.29. The summed E-state index contributed by atoms with van der Waals surface area (Å²) < 4.78 is 29.0. The predicted octanol–water partition coefficient (Wildman–Crippen LogP) is 2.15. The fourth-order valence-corrected chi connectivity index (χ4v) is 0.812. The van der Waals surface area contributed by atoms with Gasteiger partial charge in [0, 0.05) is 4.47 Å². The monoisotopic (exact) mass is 205 g/mol. The molecule has 1 aromatic rings. The van der Waals surface area contributed by atoms with Crippen LogP contribution in [0.2, 0.25) is 0 Å². The third-order valence-electron chi connectivity index (χ3n) is 0.856. The first kappa shape index (κ1) is 3.53. The standard InChI is InChI=1S/C7H5BrO2/c8-6-4-2-1-3-5(6)7(9)10/h1-4H,(H,9,10)/i1D,2D,3D,4D,7+1. The van der Waals surface area contributed by atoms with Crippen LogP contribution in [0.5, 0.6) is 0 Å². The van der Waals surface area contributed by atoms with Crippen LogP contribution in [0.25, 0.3) is 0 Å². The van der Waals surface area contributed by atoms with E-state index in [9.17, 15) is 4.79 Å². The molecule has 0 saturated heterocycles. The molecule has 0 bridgehead atoms. The van der Waals surface area contributed by atoms with Crippen LogP contribution in [-0.2, 0) is 0 Å². The lowest BCUT2D eigenvalue weighted by molar-refractivity contribution is 0.0696. The summed E-state index contributed by atoms with van der Waals surface area (Å²) in [5.74, 6) is -1.39. The van der Waals surface area contributed by atoms with E-state index in [-0.39, 0.29) is 10.5 Å². The molecule has 0 atom stereocenters. The molecule has 0 aliphatic heterocycles. The summed E-state index contributed by atoms with van der Waals surface area (Å²) in [5.41, 5.74) is -0.448. The number of carboxylic acids is 1. The minimum atomic E-state index is -1.39. The molecule has 0 heterocycles. The summed E-state index contributed by atoms with van der Waals surface area (Å²) in [6.45, 7) is 0. The molecule has 0 amide bonds. The number of rotatable bonds is 1. The van der Waals surface area contributed by atoms with Crippen LogP contribution in [0.1, 0.15) is 15.8 Å². The van der Waals surface area contributed by atoms with Gasteiger partial charge in [0.15, 0.2) is 0 Å². The first-order valence-corrected chi connectivity index (χ1v) is 3.16. The molecular formula is C7H5BrO2. The molecule has 2 nitrogen and oxygen atoms in total. The number of halogens is 1. The lowest BCUT2D eigenvalue weighted by Gasteiger charge is -1.94. The summed E-state index contributed by atoms with van der Waals surface area (Å²) in [7, 11) is 0. The van der Waals surface area contributed by atoms with Crippen molar-refractivity contribution < 1.29 is 15.4 Å². The number of hydrogen-bond donors (Lipinski definition) is 1. The Morgan fingerprint density at radius 3 is 2.80 bits per heavy atom. The molecule has 1 N–H and O–H groups in total. The normalized spacial score (nSPS) is 14.9. The molecule has 1 rings (SSSR count). The number of aromatic carboxylic acids is 1. The van der Waals surface area contributed by atoms with E-state index in [4.69, 9.17) is 10.6 Å². The lowest BCUT2D eigenvalue weighted by atomic mass is 10.3.